The molecule has 24 heavy (non-hydrogen) atoms. The van der Waals surface area contributed by atoms with E-state index in [-0.39, 0.29) is 28.9 Å². The summed E-state index contributed by atoms with van der Waals surface area (Å²) in [6.07, 6.45) is -4.72. The van der Waals surface area contributed by atoms with Crippen LogP contribution in [0, 0.1) is 0 Å². The molecule has 2 unspecified atom stereocenters. The summed E-state index contributed by atoms with van der Waals surface area (Å²) in [5.41, 5.74) is 0.519. The molecule has 0 spiro atoms. The first kappa shape index (κ1) is 16.0. The molecule has 0 radical (unpaired) electrons. The molecule has 0 saturated carbocycles. The molecule has 7 nitrogen and oxygen atoms in total. The van der Waals surface area contributed by atoms with Crippen molar-refractivity contribution < 1.29 is 27.3 Å². The smallest absolute Gasteiger partial charge is 0.349 e. The number of hydrogen-bond donors (Lipinski definition) is 2. The molecule has 2 heterocycles. The highest BCUT2D eigenvalue weighted by Gasteiger charge is 2.39. The molecule has 126 valence electrons. The number of benzene rings is 1. The summed E-state index contributed by atoms with van der Waals surface area (Å²) in [7, 11) is 0. The Morgan fingerprint density at radius 2 is 1.96 bits per heavy atom. The van der Waals surface area contributed by atoms with E-state index in [2.05, 4.69) is 25.3 Å². The van der Waals surface area contributed by atoms with E-state index >= 15 is 0 Å². The number of carbonyl (C=O) groups excluding carboxylic acids is 2. The van der Waals surface area contributed by atoms with Gasteiger partial charge >= 0.3 is 12.1 Å². The van der Waals surface area contributed by atoms with Crippen molar-refractivity contribution in [3.8, 4) is 11.4 Å². The molecule has 2 N–H and O–H groups in total. The van der Waals surface area contributed by atoms with E-state index in [0.717, 1.165) is 0 Å². The monoisotopic (exact) mass is 340 g/mol. The van der Waals surface area contributed by atoms with Crippen LogP contribution in [0.15, 0.2) is 28.8 Å². The molecule has 1 aromatic heterocycles. The van der Waals surface area contributed by atoms with Gasteiger partial charge in [-0.15, -0.1) is 0 Å². The van der Waals surface area contributed by atoms with E-state index in [1.807, 2.05) is 0 Å². The predicted octanol–water partition coefficient (Wildman–Crippen LogP) is 1.37. The summed E-state index contributed by atoms with van der Waals surface area (Å²) in [6, 6.07) is 4.84. The fraction of sp³-hybridized carbons (Fsp3) is 0.286. The fourth-order valence-corrected chi connectivity index (χ4v) is 2.17. The van der Waals surface area contributed by atoms with Gasteiger partial charge in [0.05, 0.1) is 6.04 Å². The quantitative estimate of drug-likeness (QED) is 0.823. The molecule has 1 aliphatic heterocycles. The van der Waals surface area contributed by atoms with Crippen molar-refractivity contribution in [3.63, 3.8) is 0 Å². The van der Waals surface area contributed by atoms with Gasteiger partial charge in [0.15, 0.2) is 0 Å². The molecule has 2 aromatic rings. The van der Waals surface area contributed by atoms with Crippen LogP contribution in [0.2, 0.25) is 0 Å². The van der Waals surface area contributed by atoms with Gasteiger partial charge in [-0.2, -0.15) is 18.2 Å². The number of hydrogen-bond acceptors (Lipinski definition) is 5. The van der Waals surface area contributed by atoms with Gasteiger partial charge in [0.1, 0.15) is 6.04 Å². The number of halogens is 3. The summed E-state index contributed by atoms with van der Waals surface area (Å²) in [5, 5.41) is 8.41. The highest BCUT2D eigenvalue weighted by atomic mass is 19.4. The Morgan fingerprint density at radius 1 is 1.29 bits per heavy atom. The lowest BCUT2D eigenvalue weighted by atomic mass is 10.0. The van der Waals surface area contributed by atoms with Crippen molar-refractivity contribution in [3.05, 3.63) is 35.7 Å². The maximum atomic E-state index is 12.4. The van der Waals surface area contributed by atoms with E-state index in [0.29, 0.717) is 0 Å². The lowest BCUT2D eigenvalue weighted by Crippen LogP contribution is -2.67. The van der Waals surface area contributed by atoms with Crippen molar-refractivity contribution in [1.29, 1.82) is 0 Å². The van der Waals surface area contributed by atoms with Gasteiger partial charge in [-0.05, 0) is 19.1 Å². The molecule has 10 heteroatoms. The van der Waals surface area contributed by atoms with Crippen molar-refractivity contribution >= 4 is 11.8 Å². The van der Waals surface area contributed by atoms with Gasteiger partial charge in [-0.25, -0.2) is 0 Å². The molecule has 0 aliphatic carbocycles. The first-order valence-corrected chi connectivity index (χ1v) is 6.88. The lowest BCUT2D eigenvalue weighted by molar-refractivity contribution is -0.159. The standard InChI is InChI=1S/C14H11F3N4O3/c1-6-9(12(23)18-6)19-11(22)8-4-2-7(3-5-8)10-20-13(24-21-10)14(15,16)17/h2-6,9H,1H3,(H,18,23)(H,19,22). The van der Waals surface area contributed by atoms with Crippen molar-refractivity contribution in [2.45, 2.75) is 25.2 Å². The molecule has 2 atom stereocenters. The number of rotatable bonds is 3. The number of nitrogens with one attached hydrogen (secondary N) is 2. The van der Waals surface area contributed by atoms with E-state index in [9.17, 15) is 22.8 Å². The molecular weight excluding hydrogens is 329 g/mol. The minimum Gasteiger partial charge on any atom is -0.349 e. The van der Waals surface area contributed by atoms with E-state index in [4.69, 9.17) is 0 Å². The number of β-lactam (4-membered cyclic amide) rings is 1. The zero-order valence-electron chi connectivity index (χ0n) is 12.2. The first-order chi connectivity index (χ1) is 11.3. The number of nitrogens with zero attached hydrogens (tertiary/aromatic N) is 2. The Balaban J connectivity index is 1.72. The molecule has 3 rings (SSSR count). The third kappa shape index (κ3) is 2.94. The molecule has 1 aliphatic rings. The maximum Gasteiger partial charge on any atom is 0.471 e. The van der Waals surface area contributed by atoms with Crippen LogP contribution in [0.1, 0.15) is 23.2 Å². The van der Waals surface area contributed by atoms with Gasteiger partial charge in [0.2, 0.25) is 11.7 Å². The van der Waals surface area contributed by atoms with E-state index in [1.165, 1.54) is 24.3 Å². The highest BCUT2D eigenvalue weighted by molar-refractivity contribution is 6.00. The van der Waals surface area contributed by atoms with Gasteiger partial charge in [0, 0.05) is 11.1 Å². The lowest BCUT2D eigenvalue weighted by Gasteiger charge is -2.34. The van der Waals surface area contributed by atoms with Crippen LogP contribution in [0.3, 0.4) is 0 Å². The van der Waals surface area contributed by atoms with Gasteiger partial charge < -0.3 is 15.2 Å². The van der Waals surface area contributed by atoms with Gasteiger partial charge in [0.25, 0.3) is 5.91 Å². The number of carbonyl (C=O) groups is 2. The Hall–Kier alpha value is -2.91. The molecular formula is C14H11F3N4O3. The minimum atomic E-state index is -4.72. The zero-order valence-corrected chi connectivity index (χ0v) is 12.2. The van der Waals surface area contributed by atoms with Crippen LogP contribution < -0.4 is 10.6 Å². The second-order valence-corrected chi connectivity index (χ2v) is 5.25. The normalized spacial score (nSPS) is 20.2. The third-order valence-corrected chi connectivity index (χ3v) is 3.51. The summed E-state index contributed by atoms with van der Waals surface area (Å²) in [5.74, 6) is -2.40. The molecule has 2 amide bonds. The van der Waals surface area contributed by atoms with Crippen LogP contribution >= 0.6 is 0 Å². The summed E-state index contributed by atoms with van der Waals surface area (Å²) >= 11 is 0. The topological polar surface area (TPSA) is 97.1 Å². The van der Waals surface area contributed by atoms with E-state index < -0.39 is 24.0 Å². The highest BCUT2D eigenvalue weighted by Crippen LogP contribution is 2.29. The van der Waals surface area contributed by atoms with Crippen LogP contribution in [0.5, 0.6) is 0 Å². The molecule has 1 saturated heterocycles. The van der Waals surface area contributed by atoms with Crippen LogP contribution in [-0.2, 0) is 11.0 Å². The summed E-state index contributed by atoms with van der Waals surface area (Å²) in [6.45, 7) is 1.75. The molecule has 1 fully saturated rings. The molecule has 0 bridgehead atoms. The van der Waals surface area contributed by atoms with Crippen LogP contribution in [-0.4, -0.2) is 34.0 Å². The summed E-state index contributed by atoms with van der Waals surface area (Å²) < 4.78 is 41.4. The Labute approximate surface area is 133 Å². The van der Waals surface area contributed by atoms with Crippen LogP contribution in [0.25, 0.3) is 11.4 Å². The number of amides is 2. The first-order valence-electron chi connectivity index (χ1n) is 6.88. The average molecular weight is 340 g/mol. The number of alkyl halides is 3. The fourth-order valence-electron chi connectivity index (χ4n) is 2.17. The SMILES string of the molecule is CC1NC(=O)C1NC(=O)c1ccc(-c2noc(C(F)(F)F)n2)cc1. The third-order valence-electron chi connectivity index (χ3n) is 3.51. The summed E-state index contributed by atoms with van der Waals surface area (Å²) in [4.78, 5) is 26.6. The largest absolute Gasteiger partial charge is 0.471 e. The maximum absolute atomic E-state index is 12.4. The van der Waals surface area contributed by atoms with Crippen molar-refractivity contribution in [1.82, 2.24) is 20.8 Å². The van der Waals surface area contributed by atoms with E-state index in [1.54, 1.807) is 6.92 Å². The van der Waals surface area contributed by atoms with Gasteiger partial charge in [-0.3, -0.25) is 9.59 Å². The number of aromatic nitrogens is 2. The minimum absolute atomic E-state index is 0.152. The Kier molecular flexibility index (Phi) is 3.74. The Morgan fingerprint density at radius 3 is 2.46 bits per heavy atom. The van der Waals surface area contributed by atoms with Crippen LogP contribution in [0.4, 0.5) is 13.2 Å². The van der Waals surface area contributed by atoms with Crippen molar-refractivity contribution in [2.24, 2.45) is 0 Å². The molecule has 1 aromatic carbocycles. The predicted molar refractivity (Wildman–Crippen MR) is 73.6 cm³/mol. The zero-order chi connectivity index (χ0) is 17.5. The van der Waals surface area contributed by atoms with Gasteiger partial charge in [-0.1, -0.05) is 17.3 Å². The Bertz CT molecular complexity index is 785. The van der Waals surface area contributed by atoms with Crippen molar-refractivity contribution in [2.75, 3.05) is 0 Å². The average Bonchev–Trinajstić information content (AvgIpc) is 3.03. The second-order valence-electron chi connectivity index (χ2n) is 5.25. The second kappa shape index (κ2) is 5.62.